The molecule has 0 atom stereocenters. The molecular formula is C20H19N5. The molecule has 0 bridgehead atoms. The molecule has 0 N–H and O–H groups in total. The largest absolute Gasteiger partial charge is 0.353 e. The highest BCUT2D eigenvalue weighted by molar-refractivity contribution is 5.91. The van der Waals surface area contributed by atoms with E-state index in [0.717, 1.165) is 54.3 Å². The summed E-state index contributed by atoms with van der Waals surface area (Å²) < 4.78 is 0. The second kappa shape index (κ2) is 6.88. The summed E-state index contributed by atoms with van der Waals surface area (Å²) in [6.07, 6.45) is 0. The summed E-state index contributed by atoms with van der Waals surface area (Å²) in [4.78, 5) is 14.1. The lowest BCUT2D eigenvalue weighted by Crippen LogP contribution is -2.46. The van der Waals surface area contributed by atoms with Gasteiger partial charge in [0.2, 0.25) is 0 Å². The third-order valence-electron chi connectivity index (χ3n) is 4.58. The van der Waals surface area contributed by atoms with Crippen LogP contribution in [-0.2, 0) is 0 Å². The van der Waals surface area contributed by atoms with Crippen LogP contribution in [-0.4, -0.2) is 47.6 Å². The van der Waals surface area contributed by atoms with Gasteiger partial charge in [0.05, 0.1) is 18.1 Å². The molecule has 0 amide bonds. The first-order valence-electron chi connectivity index (χ1n) is 8.51. The number of anilines is 1. The van der Waals surface area contributed by atoms with Crippen LogP contribution >= 0.6 is 0 Å². The van der Waals surface area contributed by atoms with E-state index in [1.807, 2.05) is 48.5 Å². The first kappa shape index (κ1) is 15.6. The Morgan fingerprint density at radius 3 is 2.36 bits per heavy atom. The number of aromatic nitrogens is 2. The van der Waals surface area contributed by atoms with Crippen LogP contribution in [0.1, 0.15) is 0 Å². The zero-order valence-corrected chi connectivity index (χ0v) is 14.0. The van der Waals surface area contributed by atoms with E-state index in [9.17, 15) is 0 Å². The van der Waals surface area contributed by atoms with Gasteiger partial charge in [-0.2, -0.15) is 5.26 Å². The molecule has 1 aromatic heterocycles. The van der Waals surface area contributed by atoms with Gasteiger partial charge in [0.1, 0.15) is 5.82 Å². The summed E-state index contributed by atoms with van der Waals surface area (Å²) >= 11 is 0. The Hall–Kier alpha value is -2.97. The van der Waals surface area contributed by atoms with Crippen molar-refractivity contribution in [3.8, 4) is 17.5 Å². The van der Waals surface area contributed by atoms with Gasteiger partial charge < -0.3 is 4.90 Å². The molecule has 124 valence electrons. The highest BCUT2D eigenvalue weighted by atomic mass is 15.3. The van der Waals surface area contributed by atoms with Crippen molar-refractivity contribution in [2.24, 2.45) is 0 Å². The Morgan fingerprint density at radius 2 is 1.60 bits per heavy atom. The number of fused-ring (bicyclic) bond motifs is 1. The molecule has 4 rings (SSSR count). The van der Waals surface area contributed by atoms with Gasteiger partial charge in [0, 0.05) is 37.1 Å². The number of piperazine rings is 1. The zero-order valence-electron chi connectivity index (χ0n) is 14.0. The topological polar surface area (TPSA) is 56.1 Å². The first-order chi connectivity index (χ1) is 12.3. The molecule has 3 aromatic rings. The Bertz CT molecular complexity index is 908. The van der Waals surface area contributed by atoms with E-state index in [0.29, 0.717) is 6.54 Å². The van der Waals surface area contributed by atoms with Crippen molar-refractivity contribution in [1.29, 1.82) is 5.26 Å². The number of para-hydroxylation sites is 1. The quantitative estimate of drug-likeness (QED) is 0.692. The van der Waals surface area contributed by atoms with Crippen molar-refractivity contribution in [3.63, 3.8) is 0 Å². The summed E-state index contributed by atoms with van der Waals surface area (Å²) in [6, 6.07) is 20.5. The number of nitriles is 1. The van der Waals surface area contributed by atoms with E-state index >= 15 is 0 Å². The lowest BCUT2D eigenvalue weighted by molar-refractivity contribution is 0.286. The Kier molecular flexibility index (Phi) is 4.28. The van der Waals surface area contributed by atoms with Gasteiger partial charge in [-0.3, -0.25) is 4.90 Å². The van der Waals surface area contributed by atoms with Crippen molar-refractivity contribution < 1.29 is 0 Å². The molecule has 0 saturated carbocycles. The number of nitrogens with zero attached hydrogens (tertiary/aromatic N) is 5. The molecular weight excluding hydrogens is 310 g/mol. The van der Waals surface area contributed by atoms with Crippen molar-refractivity contribution in [1.82, 2.24) is 14.9 Å². The molecule has 1 saturated heterocycles. The van der Waals surface area contributed by atoms with Crippen molar-refractivity contribution >= 4 is 16.7 Å². The van der Waals surface area contributed by atoms with Crippen LogP contribution in [0.25, 0.3) is 22.3 Å². The Balaban J connectivity index is 1.74. The third-order valence-corrected chi connectivity index (χ3v) is 4.58. The van der Waals surface area contributed by atoms with Crippen molar-refractivity contribution in [3.05, 3.63) is 54.6 Å². The van der Waals surface area contributed by atoms with E-state index in [-0.39, 0.29) is 0 Å². The predicted molar refractivity (Wildman–Crippen MR) is 99.2 cm³/mol. The summed E-state index contributed by atoms with van der Waals surface area (Å²) in [5.41, 5.74) is 1.99. The fourth-order valence-corrected chi connectivity index (χ4v) is 3.24. The smallest absolute Gasteiger partial charge is 0.162 e. The minimum Gasteiger partial charge on any atom is -0.353 e. The molecule has 0 radical (unpaired) electrons. The minimum atomic E-state index is 0.494. The van der Waals surface area contributed by atoms with Gasteiger partial charge in [-0.15, -0.1) is 0 Å². The molecule has 5 nitrogen and oxygen atoms in total. The monoisotopic (exact) mass is 329 g/mol. The second-order valence-electron chi connectivity index (χ2n) is 6.18. The number of hydrogen-bond acceptors (Lipinski definition) is 5. The number of rotatable bonds is 3. The Labute approximate surface area is 147 Å². The molecule has 2 heterocycles. The molecule has 2 aromatic carbocycles. The van der Waals surface area contributed by atoms with Gasteiger partial charge in [-0.25, -0.2) is 9.97 Å². The maximum Gasteiger partial charge on any atom is 0.162 e. The SMILES string of the molecule is N#CCN1CCN(c2nc(-c3ccccc3)nc3ccccc23)CC1. The van der Waals surface area contributed by atoms with Crippen LogP contribution in [0.4, 0.5) is 5.82 Å². The standard InChI is InChI=1S/C20H19N5/c21-10-11-24-12-14-25(15-13-24)20-17-8-4-5-9-18(17)22-19(23-20)16-6-2-1-3-7-16/h1-9H,11-15H2. The first-order valence-corrected chi connectivity index (χ1v) is 8.51. The van der Waals surface area contributed by atoms with E-state index in [4.69, 9.17) is 15.2 Å². The predicted octanol–water partition coefficient (Wildman–Crippen LogP) is 2.94. The van der Waals surface area contributed by atoms with Gasteiger partial charge in [-0.05, 0) is 12.1 Å². The highest BCUT2D eigenvalue weighted by Gasteiger charge is 2.20. The Morgan fingerprint density at radius 1 is 0.880 bits per heavy atom. The van der Waals surface area contributed by atoms with Crippen LogP contribution in [0.3, 0.4) is 0 Å². The number of benzene rings is 2. The van der Waals surface area contributed by atoms with E-state index in [1.165, 1.54) is 0 Å². The van der Waals surface area contributed by atoms with Crippen molar-refractivity contribution in [2.75, 3.05) is 37.6 Å². The van der Waals surface area contributed by atoms with Crippen LogP contribution < -0.4 is 4.90 Å². The lowest BCUT2D eigenvalue weighted by atomic mass is 10.1. The minimum absolute atomic E-state index is 0.494. The molecule has 1 aliphatic heterocycles. The van der Waals surface area contributed by atoms with Gasteiger partial charge >= 0.3 is 0 Å². The lowest BCUT2D eigenvalue weighted by Gasteiger charge is -2.34. The van der Waals surface area contributed by atoms with E-state index < -0.39 is 0 Å². The van der Waals surface area contributed by atoms with E-state index in [2.05, 4.69) is 21.9 Å². The van der Waals surface area contributed by atoms with Crippen LogP contribution in [0.15, 0.2) is 54.6 Å². The second-order valence-corrected chi connectivity index (χ2v) is 6.18. The summed E-state index contributed by atoms with van der Waals surface area (Å²) in [5, 5.41) is 9.96. The molecule has 0 aliphatic carbocycles. The molecule has 25 heavy (non-hydrogen) atoms. The molecule has 0 spiro atoms. The summed E-state index contributed by atoms with van der Waals surface area (Å²) in [5.74, 6) is 1.75. The fourth-order valence-electron chi connectivity index (χ4n) is 3.24. The fraction of sp³-hybridized carbons (Fsp3) is 0.250. The van der Waals surface area contributed by atoms with Crippen LogP contribution in [0.2, 0.25) is 0 Å². The maximum absolute atomic E-state index is 8.88. The van der Waals surface area contributed by atoms with Crippen LogP contribution in [0, 0.1) is 11.3 Å². The normalized spacial score (nSPS) is 15.2. The van der Waals surface area contributed by atoms with Gasteiger partial charge in [0.25, 0.3) is 0 Å². The maximum atomic E-state index is 8.88. The van der Waals surface area contributed by atoms with Gasteiger partial charge in [-0.1, -0.05) is 42.5 Å². The average molecular weight is 329 g/mol. The average Bonchev–Trinajstić information content (AvgIpc) is 2.69. The zero-order chi connectivity index (χ0) is 17.1. The molecule has 1 aliphatic rings. The molecule has 5 heteroatoms. The third kappa shape index (κ3) is 3.17. The summed E-state index contributed by atoms with van der Waals surface area (Å²) in [6.45, 7) is 4.00. The summed E-state index contributed by atoms with van der Waals surface area (Å²) in [7, 11) is 0. The molecule has 1 fully saturated rings. The molecule has 0 unspecified atom stereocenters. The van der Waals surface area contributed by atoms with E-state index in [1.54, 1.807) is 0 Å². The van der Waals surface area contributed by atoms with Crippen molar-refractivity contribution in [2.45, 2.75) is 0 Å². The van der Waals surface area contributed by atoms with Gasteiger partial charge in [0.15, 0.2) is 5.82 Å². The number of hydrogen-bond donors (Lipinski definition) is 0. The van der Waals surface area contributed by atoms with Crippen LogP contribution in [0.5, 0.6) is 0 Å². The highest BCUT2D eigenvalue weighted by Crippen LogP contribution is 2.28.